The van der Waals surface area contributed by atoms with E-state index in [9.17, 15) is 15.0 Å². The van der Waals surface area contributed by atoms with E-state index in [1.54, 1.807) is 13.8 Å². The largest absolute Gasteiger partial charge is 0.429 e. The predicted octanol–water partition coefficient (Wildman–Crippen LogP) is 2.52. The highest BCUT2D eigenvalue weighted by Crippen LogP contribution is 2.80. The van der Waals surface area contributed by atoms with E-state index in [1.165, 1.54) is 0 Å². The van der Waals surface area contributed by atoms with Crippen molar-refractivity contribution in [1.82, 2.24) is 0 Å². The molecule has 0 aromatic carbocycles. The van der Waals surface area contributed by atoms with E-state index in [0.29, 0.717) is 6.42 Å². The second-order valence-corrected chi connectivity index (χ2v) is 11.5. The van der Waals surface area contributed by atoms with Crippen LogP contribution >= 0.6 is 0 Å². The van der Waals surface area contributed by atoms with Crippen LogP contribution in [0.4, 0.5) is 0 Å². The van der Waals surface area contributed by atoms with Crippen LogP contribution in [0.5, 0.6) is 0 Å². The second-order valence-electron chi connectivity index (χ2n) is 11.5. The van der Waals surface area contributed by atoms with Gasteiger partial charge in [0.25, 0.3) is 5.79 Å². The van der Waals surface area contributed by atoms with Crippen molar-refractivity contribution in [2.45, 2.75) is 89.7 Å². The Hall–Kier alpha value is -0.950. The predicted molar refractivity (Wildman–Crippen MR) is 102 cm³/mol. The topological polar surface area (TPSA) is 85.2 Å². The van der Waals surface area contributed by atoms with Crippen molar-refractivity contribution in [3.8, 4) is 0 Å². The Morgan fingerprint density at radius 2 is 1.83 bits per heavy atom. The van der Waals surface area contributed by atoms with Gasteiger partial charge in [0.15, 0.2) is 5.79 Å². The van der Waals surface area contributed by atoms with E-state index < -0.39 is 34.6 Å². The summed E-state index contributed by atoms with van der Waals surface area (Å²) in [5.41, 5.74) is -1.31. The maximum Gasteiger partial charge on any atom is 0.315 e. The Labute approximate surface area is 171 Å². The van der Waals surface area contributed by atoms with Gasteiger partial charge in [0, 0.05) is 11.8 Å². The minimum Gasteiger partial charge on any atom is -0.429 e. The minimum atomic E-state index is -1.61. The normalized spacial score (nSPS) is 58.4. The first-order chi connectivity index (χ1) is 13.5. The number of esters is 1. The zero-order chi connectivity index (χ0) is 20.8. The van der Waals surface area contributed by atoms with Gasteiger partial charge in [0.1, 0.15) is 6.10 Å². The van der Waals surface area contributed by atoms with Crippen LogP contribution in [0.2, 0.25) is 0 Å². The molecule has 7 aliphatic rings. The van der Waals surface area contributed by atoms with Crippen molar-refractivity contribution in [2.75, 3.05) is 0 Å². The van der Waals surface area contributed by atoms with Crippen molar-refractivity contribution in [2.24, 2.45) is 34.0 Å². The summed E-state index contributed by atoms with van der Waals surface area (Å²) in [5.74, 6) is -3.35. The lowest BCUT2D eigenvalue weighted by Crippen LogP contribution is -2.88. The molecular weight excluding hydrogens is 372 g/mol. The van der Waals surface area contributed by atoms with Crippen LogP contribution in [-0.2, 0) is 19.0 Å². The quantitative estimate of drug-likeness (QED) is 0.477. The fourth-order valence-corrected chi connectivity index (χ4v) is 9.04. The zero-order valence-corrected chi connectivity index (χ0v) is 17.7. The summed E-state index contributed by atoms with van der Waals surface area (Å²) in [5, 5.41) is 23.5. The Morgan fingerprint density at radius 3 is 2.55 bits per heavy atom. The van der Waals surface area contributed by atoms with E-state index in [0.717, 1.165) is 31.3 Å². The van der Waals surface area contributed by atoms with Crippen molar-refractivity contribution >= 4 is 5.97 Å². The highest BCUT2D eigenvalue weighted by atomic mass is 16.8. The van der Waals surface area contributed by atoms with Crippen LogP contribution in [0.3, 0.4) is 0 Å². The molecule has 0 aromatic heterocycles. The van der Waals surface area contributed by atoms with Gasteiger partial charge in [-0.05, 0) is 56.4 Å². The fraction of sp³-hybridized carbons (Fsp3) is 0.870. The summed E-state index contributed by atoms with van der Waals surface area (Å²) in [7, 11) is 0. The summed E-state index contributed by atoms with van der Waals surface area (Å²) in [6, 6.07) is 0. The van der Waals surface area contributed by atoms with Gasteiger partial charge in [-0.1, -0.05) is 26.8 Å². The number of aliphatic hydroxyl groups is 2. The standard InChI is InChI=1S/C23H32O6/c1-11-12-7-8-13-21-10-6-9-19(2,3)14(21)16(25)23(28-18(21)26)22(13,15(11)24)17(12)27-20(4,5)29-23/h12-17,24-25H,1,6-10H2,2-5H3/t12-,13-,14+,15+,16-,17?,21+,22-,23-/m0/s1. The number of hydrogen-bond donors (Lipinski definition) is 2. The number of fused-ring (bicyclic) bond motifs is 1. The lowest BCUT2D eigenvalue weighted by atomic mass is 9.35. The molecule has 6 nitrogen and oxygen atoms in total. The zero-order valence-electron chi connectivity index (χ0n) is 17.7. The van der Waals surface area contributed by atoms with Crippen LogP contribution in [0.15, 0.2) is 12.2 Å². The van der Waals surface area contributed by atoms with Crippen LogP contribution in [0.1, 0.15) is 59.8 Å². The monoisotopic (exact) mass is 404 g/mol. The van der Waals surface area contributed by atoms with Crippen molar-refractivity contribution in [3.63, 3.8) is 0 Å². The third-order valence-electron chi connectivity index (χ3n) is 9.63. The molecule has 7 rings (SSSR count). The summed E-state index contributed by atoms with van der Waals surface area (Å²) in [6.45, 7) is 12.1. The molecule has 29 heavy (non-hydrogen) atoms. The fourth-order valence-electron chi connectivity index (χ4n) is 9.04. The molecule has 6 heteroatoms. The summed E-state index contributed by atoms with van der Waals surface area (Å²) in [4.78, 5) is 13.7. The molecule has 3 spiro atoms. The Morgan fingerprint density at radius 1 is 1.10 bits per heavy atom. The Bertz CT molecular complexity index is 833. The lowest BCUT2D eigenvalue weighted by Gasteiger charge is -2.76. The lowest BCUT2D eigenvalue weighted by molar-refractivity contribution is -0.522. The maximum absolute atomic E-state index is 13.7. The van der Waals surface area contributed by atoms with Gasteiger partial charge in [-0.2, -0.15) is 0 Å². The third kappa shape index (κ3) is 1.66. The Kier molecular flexibility index (Phi) is 3.19. The average molecular weight is 405 g/mol. The van der Waals surface area contributed by atoms with E-state index in [-0.39, 0.29) is 35.2 Å². The van der Waals surface area contributed by atoms with Crippen molar-refractivity contribution in [1.29, 1.82) is 0 Å². The van der Waals surface area contributed by atoms with Crippen molar-refractivity contribution in [3.05, 3.63) is 12.2 Å². The molecule has 160 valence electrons. The van der Waals surface area contributed by atoms with E-state index in [4.69, 9.17) is 14.2 Å². The molecule has 4 aliphatic carbocycles. The second kappa shape index (κ2) is 4.93. The van der Waals surface area contributed by atoms with Crippen LogP contribution in [0, 0.1) is 34.0 Å². The number of aliphatic hydroxyl groups excluding tert-OH is 2. The number of carbonyl (C=O) groups is 1. The summed E-state index contributed by atoms with van der Waals surface area (Å²) >= 11 is 0. The molecule has 3 aliphatic heterocycles. The number of ether oxygens (including phenoxy) is 3. The summed E-state index contributed by atoms with van der Waals surface area (Å²) < 4.78 is 19.0. The first-order valence-electron chi connectivity index (χ1n) is 11.1. The third-order valence-corrected chi connectivity index (χ3v) is 9.63. The van der Waals surface area contributed by atoms with E-state index >= 15 is 0 Å². The van der Waals surface area contributed by atoms with Crippen molar-refractivity contribution < 1.29 is 29.2 Å². The van der Waals surface area contributed by atoms with Gasteiger partial charge >= 0.3 is 5.97 Å². The Balaban J connectivity index is 1.69. The maximum atomic E-state index is 13.7. The average Bonchev–Trinajstić information content (AvgIpc) is 2.73. The molecule has 0 aromatic rings. The van der Waals surface area contributed by atoms with Gasteiger partial charge in [0.2, 0.25) is 0 Å². The van der Waals surface area contributed by atoms with Gasteiger partial charge in [-0.15, -0.1) is 0 Å². The molecule has 2 N–H and O–H groups in total. The molecule has 4 bridgehead atoms. The van der Waals surface area contributed by atoms with E-state index in [2.05, 4.69) is 20.4 Å². The SMILES string of the molecule is C=C1[C@@H](O)[C@@]23C4OC(C)(C)O[C@]25OC(=O)[C@]2(CCCC(C)(C)[C@H]2[C@@H]5O)[C@@H]3CC[C@@H]14. The van der Waals surface area contributed by atoms with Crippen LogP contribution in [-0.4, -0.2) is 46.1 Å². The molecule has 0 radical (unpaired) electrons. The van der Waals surface area contributed by atoms with Crippen LogP contribution in [0.25, 0.3) is 0 Å². The van der Waals surface area contributed by atoms with Gasteiger partial charge in [-0.3, -0.25) is 4.79 Å². The molecule has 1 unspecified atom stereocenters. The molecule has 0 amide bonds. The highest BCUT2D eigenvalue weighted by Gasteiger charge is 2.91. The first-order valence-corrected chi connectivity index (χ1v) is 11.1. The molecular formula is C23H32O6. The molecule has 3 heterocycles. The summed E-state index contributed by atoms with van der Waals surface area (Å²) in [6.07, 6.45) is 1.84. The first kappa shape index (κ1) is 18.8. The van der Waals surface area contributed by atoms with E-state index in [1.807, 2.05) is 0 Å². The number of rotatable bonds is 0. The number of hydrogen-bond acceptors (Lipinski definition) is 6. The molecule has 3 saturated heterocycles. The van der Waals surface area contributed by atoms with Gasteiger partial charge in [0.05, 0.1) is 23.0 Å². The van der Waals surface area contributed by atoms with Gasteiger partial charge in [-0.25, -0.2) is 0 Å². The van der Waals surface area contributed by atoms with Crippen LogP contribution < -0.4 is 0 Å². The molecule has 4 saturated carbocycles. The molecule has 9 atom stereocenters. The minimum absolute atomic E-state index is 0.0157. The van der Waals surface area contributed by atoms with Gasteiger partial charge < -0.3 is 24.4 Å². The molecule has 7 fully saturated rings. The smallest absolute Gasteiger partial charge is 0.315 e. The highest BCUT2D eigenvalue weighted by molar-refractivity contribution is 5.82. The number of carbonyl (C=O) groups excluding carboxylic acids is 1.